The fourth-order valence-electron chi connectivity index (χ4n) is 2.67. The van der Waals surface area contributed by atoms with E-state index >= 15 is 0 Å². The van der Waals surface area contributed by atoms with Gasteiger partial charge in [-0.05, 0) is 44.0 Å². The van der Waals surface area contributed by atoms with Gasteiger partial charge in [-0.3, -0.25) is 4.90 Å². The van der Waals surface area contributed by atoms with Crippen LogP contribution < -0.4 is 5.32 Å². The molecule has 3 nitrogen and oxygen atoms in total. The fourth-order valence-corrected chi connectivity index (χ4v) is 2.67. The summed E-state index contributed by atoms with van der Waals surface area (Å²) in [5.74, 6) is 0.951. The molecule has 2 heterocycles. The molecule has 94 valence electrons. The summed E-state index contributed by atoms with van der Waals surface area (Å²) in [5, 5.41) is 3.07. The highest BCUT2D eigenvalue weighted by Gasteiger charge is 2.23. The summed E-state index contributed by atoms with van der Waals surface area (Å²) in [7, 11) is 1.91. The van der Waals surface area contributed by atoms with Crippen molar-refractivity contribution in [1.82, 2.24) is 9.88 Å². The molecule has 0 aromatic carbocycles. The molecule has 1 fully saturated rings. The van der Waals surface area contributed by atoms with Gasteiger partial charge >= 0.3 is 0 Å². The Hall–Kier alpha value is -1.09. The number of hydrogen-bond donors (Lipinski definition) is 1. The predicted octanol–water partition coefficient (Wildman–Crippen LogP) is 3.06. The van der Waals surface area contributed by atoms with Crippen molar-refractivity contribution in [1.29, 1.82) is 0 Å². The molecule has 1 saturated heterocycles. The number of pyridine rings is 1. The van der Waals surface area contributed by atoms with Gasteiger partial charge in [-0.25, -0.2) is 4.98 Å². The Labute approximate surface area is 104 Å². The highest BCUT2D eigenvalue weighted by Crippen LogP contribution is 2.30. The van der Waals surface area contributed by atoms with Crippen molar-refractivity contribution in [2.75, 3.05) is 25.5 Å². The van der Waals surface area contributed by atoms with E-state index in [9.17, 15) is 0 Å². The van der Waals surface area contributed by atoms with Crippen LogP contribution in [0.5, 0.6) is 0 Å². The van der Waals surface area contributed by atoms with Crippen LogP contribution in [-0.4, -0.2) is 30.0 Å². The number of anilines is 1. The summed E-state index contributed by atoms with van der Waals surface area (Å²) in [4.78, 5) is 7.04. The first-order valence-electron chi connectivity index (χ1n) is 6.73. The maximum Gasteiger partial charge on any atom is 0.125 e. The van der Waals surface area contributed by atoms with Gasteiger partial charge in [0.15, 0.2) is 0 Å². The summed E-state index contributed by atoms with van der Waals surface area (Å²) in [6.45, 7) is 4.71. The fraction of sp³-hybridized carbons (Fsp3) is 0.643. The van der Waals surface area contributed by atoms with Gasteiger partial charge in [-0.1, -0.05) is 19.4 Å². The van der Waals surface area contributed by atoms with Crippen LogP contribution in [0, 0.1) is 0 Å². The van der Waals surface area contributed by atoms with Crippen molar-refractivity contribution >= 4 is 5.82 Å². The van der Waals surface area contributed by atoms with E-state index in [2.05, 4.69) is 34.3 Å². The molecule has 0 saturated carbocycles. The number of aromatic nitrogens is 1. The maximum atomic E-state index is 4.43. The third-order valence-electron chi connectivity index (χ3n) is 3.55. The Kier molecular flexibility index (Phi) is 4.37. The molecule has 0 amide bonds. The van der Waals surface area contributed by atoms with E-state index in [0.29, 0.717) is 6.04 Å². The number of hydrogen-bond acceptors (Lipinski definition) is 3. The van der Waals surface area contributed by atoms with Gasteiger partial charge < -0.3 is 5.32 Å². The molecular formula is C14H23N3. The molecule has 1 aliphatic rings. The van der Waals surface area contributed by atoms with E-state index in [0.717, 1.165) is 5.82 Å². The van der Waals surface area contributed by atoms with E-state index < -0.39 is 0 Å². The molecule has 1 aromatic heterocycles. The lowest BCUT2D eigenvalue weighted by molar-refractivity contribution is 0.149. The Morgan fingerprint density at radius 2 is 2.29 bits per heavy atom. The van der Waals surface area contributed by atoms with Crippen LogP contribution in [0.15, 0.2) is 18.3 Å². The van der Waals surface area contributed by atoms with Crippen molar-refractivity contribution in [2.45, 2.75) is 38.6 Å². The van der Waals surface area contributed by atoms with Crippen LogP contribution >= 0.6 is 0 Å². The zero-order valence-corrected chi connectivity index (χ0v) is 10.9. The average molecular weight is 233 g/mol. The molecule has 1 aromatic rings. The number of piperidine rings is 1. The van der Waals surface area contributed by atoms with Crippen molar-refractivity contribution in [2.24, 2.45) is 0 Å². The topological polar surface area (TPSA) is 28.2 Å². The lowest BCUT2D eigenvalue weighted by atomic mass is 9.96. The first-order chi connectivity index (χ1) is 8.35. The molecule has 1 aliphatic heterocycles. The van der Waals surface area contributed by atoms with E-state index in [-0.39, 0.29) is 0 Å². The van der Waals surface area contributed by atoms with Crippen LogP contribution in [0.25, 0.3) is 0 Å². The summed E-state index contributed by atoms with van der Waals surface area (Å²) >= 11 is 0. The van der Waals surface area contributed by atoms with Crippen LogP contribution in [0.1, 0.15) is 44.2 Å². The van der Waals surface area contributed by atoms with Gasteiger partial charge in [0, 0.05) is 19.3 Å². The first-order valence-corrected chi connectivity index (χ1v) is 6.73. The van der Waals surface area contributed by atoms with Gasteiger partial charge in [0.05, 0.1) is 0 Å². The molecule has 0 radical (unpaired) electrons. The molecule has 1 atom stereocenters. The van der Waals surface area contributed by atoms with Crippen molar-refractivity contribution in [3.8, 4) is 0 Å². The molecule has 0 bridgehead atoms. The molecule has 17 heavy (non-hydrogen) atoms. The summed E-state index contributed by atoms with van der Waals surface area (Å²) in [6, 6.07) is 4.88. The standard InChI is InChI=1S/C14H23N3/c1-3-9-17-10-5-4-6-13(17)12-7-8-14(15-2)16-11-12/h7-8,11,13H,3-6,9-10H2,1-2H3,(H,15,16). The Balaban J connectivity index is 2.11. The van der Waals surface area contributed by atoms with Crippen molar-refractivity contribution in [3.05, 3.63) is 23.9 Å². The number of rotatable bonds is 4. The Morgan fingerprint density at radius 3 is 2.94 bits per heavy atom. The largest absolute Gasteiger partial charge is 0.373 e. The van der Waals surface area contributed by atoms with E-state index in [1.807, 2.05) is 13.2 Å². The SMILES string of the molecule is CCCN1CCCCC1c1ccc(NC)nc1. The molecule has 2 rings (SSSR count). The third-order valence-corrected chi connectivity index (χ3v) is 3.55. The summed E-state index contributed by atoms with van der Waals surface area (Å²) in [6.07, 6.45) is 7.24. The Morgan fingerprint density at radius 1 is 1.41 bits per heavy atom. The monoisotopic (exact) mass is 233 g/mol. The predicted molar refractivity (Wildman–Crippen MR) is 72.2 cm³/mol. The van der Waals surface area contributed by atoms with Crippen molar-refractivity contribution in [3.63, 3.8) is 0 Å². The minimum absolute atomic E-state index is 0.585. The van der Waals surface area contributed by atoms with Gasteiger partial charge in [-0.15, -0.1) is 0 Å². The van der Waals surface area contributed by atoms with Gasteiger partial charge in [-0.2, -0.15) is 0 Å². The quantitative estimate of drug-likeness (QED) is 0.866. The number of likely N-dealkylation sites (tertiary alicyclic amines) is 1. The second-order valence-electron chi connectivity index (χ2n) is 4.77. The van der Waals surface area contributed by atoms with E-state index in [1.165, 1.54) is 44.3 Å². The second-order valence-corrected chi connectivity index (χ2v) is 4.77. The Bertz CT molecular complexity index is 332. The molecule has 0 spiro atoms. The minimum Gasteiger partial charge on any atom is -0.373 e. The smallest absolute Gasteiger partial charge is 0.125 e. The maximum absolute atomic E-state index is 4.43. The highest BCUT2D eigenvalue weighted by molar-refractivity contribution is 5.35. The molecule has 1 unspecified atom stereocenters. The molecule has 1 N–H and O–H groups in total. The molecular weight excluding hydrogens is 210 g/mol. The second kappa shape index (κ2) is 6.01. The van der Waals surface area contributed by atoms with Crippen LogP contribution in [0.3, 0.4) is 0 Å². The lowest BCUT2D eigenvalue weighted by Gasteiger charge is -2.35. The molecule has 3 heteroatoms. The lowest BCUT2D eigenvalue weighted by Crippen LogP contribution is -2.34. The normalized spacial score (nSPS) is 21.4. The third kappa shape index (κ3) is 2.97. The number of nitrogens with zero attached hydrogens (tertiary/aromatic N) is 2. The van der Waals surface area contributed by atoms with Gasteiger partial charge in [0.2, 0.25) is 0 Å². The number of nitrogens with one attached hydrogen (secondary N) is 1. The van der Waals surface area contributed by atoms with Crippen molar-refractivity contribution < 1.29 is 0 Å². The average Bonchev–Trinajstić information content (AvgIpc) is 2.40. The zero-order valence-electron chi connectivity index (χ0n) is 10.9. The van der Waals surface area contributed by atoms with E-state index in [4.69, 9.17) is 0 Å². The zero-order chi connectivity index (χ0) is 12.1. The van der Waals surface area contributed by atoms with Crippen LogP contribution in [0.4, 0.5) is 5.82 Å². The van der Waals surface area contributed by atoms with Gasteiger partial charge in [0.25, 0.3) is 0 Å². The summed E-state index contributed by atoms with van der Waals surface area (Å²) in [5.41, 5.74) is 1.37. The highest BCUT2D eigenvalue weighted by atomic mass is 15.2. The van der Waals surface area contributed by atoms with E-state index in [1.54, 1.807) is 0 Å². The summed E-state index contributed by atoms with van der Waals surface area (Å²) < 4.78 is 0. The first kappa shape index (κ1) is 12.4. The minimum atomic E-state index is 0.585. The van der Waals surface area contributed by atoms with Crippen LogP contribution in [-0.2, 0) is 0 Å². The van der Waals surface area contributed by atoms with Gasteiger partial charge in [0.1, 0.15) is 5.82 Å². The van der Waals surface area contributed by atoms with Crippen LogP contribution in [0.2, 0.25) is 0 Å². The molecule has 0 aliphatic carbocycles.